The molecule has 0 atom stereocenters. The molecule has 0 aliphatic carbocycles. The molecule has 1 rings (SSSR count). The molecule has 0 spiro atoms. The smallest absolute Gasteiger partial charge is 0.323 e. The second kappa shape index (κ2) is 6.09. The van der Waals surface area contributed by atoms with Gasteiger partial charge in [-0.2, -0.15) is 15.0 Å². The van der Waals surface area contributed by atoms with Crippen LogP contribution in [0.5, 0.6) is 6.01 Å². The summed E-state index contributed by atoms with van der Waals surface area (Å²) in [4.78, 5) is 12.0. The predicted molar refractivity (Wildman–Crippen MR) is 63.4 cm³/mol. The molecular weight excluding hydrogens is 206 g/mol. The summed E-state index contributed by atoms with van der Waals surface area (Å²) in [5.74, 6) is 0.650. The van der Waals surface area contributed by atoms with Crippen LogP contribution in [-0.2, 0) is 0 Å². The average Bonchev–Trinajstić information content (AvgIpc) is 2.25. The molecule has 0 aliphatic heterocycles. The van der Waals surface area contributed by atoms with Crippen LogP contribution in [0.4, 0.5) is 11.9 Å². The fourth-order valence-electron chi connectivity index (χ4n) is 1.31. The van der Waals surface area contributed by atoms with E-state index < -0.39 is 0 Å². The first-order valence-corrected chi connectivity index (χ1v) is 5.60. The standard InChI is InChI=1S/C10H19N5O/c1-4-7(5-2)12-9-13-8(11)14-10(15-9)16-6-3/h7H,4-6H2,1-3H3,(H3,11,12,13,14,15). The number of hydrogen-bond acceptors (Lipinski definition) is 6. The van der Waals surface area contributed by atoms with Crippen molar-refractivity contribution in [2.24, 2.45) is 0 Å². The quantitative estimate of drug-likeness (QED) is 0.762. The van der Waals surface area contributed by atoms with Crippen LogP contribution < -0.4 is 15.8 Å². The summed E-state index contributed by atoms with van der Waals surface area (Å²) in [5.41, 5.74) is 5.57. The molecule has 6 heteroatoms. The summed E-state index contributed by atoms with van der Waals surface area (Å²) < 4.78 is 5.19. The Hall–Kier alpha value is -1.59. The van der Waals surface area contributed by atoms with Gasteiger partial charge in [0.1, 0.15) is 0 Å². The molecule has 0 radical (unpaired) electrons. The van der Waals surface area contributed by atoms with Crippen molar-refractivity contribution in [3.8, 4) is 6.01 Å². The maximum absolute atomic E-state index is 5.57. The molecule has 90 valence electrons. The Balaban J connectivity index is 2.78. The van der Waals surface area contributed by atoms with Gasteiger partial charge >= 0.3 is 6.01 Å². The minimum Gasteiger partial charge on any atom is -0.464 e. The lowest BCUT2D eigenvalue weighted by molar-refractivity contribution is 0.312. The Morgan fingerprint density at radius 1 is 1.19 bits per heavy atom. The molecule has 1 heterocycles. The highest BCUT2D eigenvalue weighted by Crippen LogP contribution is 2.11. The largest absolute Gasteiger partial charge is 0.464 e. The van der Waals surface area contributed by atoms with Crippen LogP contribution >= 0.6 is 0 Å². The lowest BCUT2D eigenvalue weighted by atomic mass is 10.2. The Morgan fingerprint density at radius 3 is 2.44 bits per heavy atom. The second-order valence-corrected chi connectivity index (χ2v) is 3.39. The number of aromatic nitrogens is 3. The SMILES string of the molecule is CCOc1nc(N)nc(NC(CC)CC)n1. The van der Waals surface area contributed by atoms with Crippen molar-refractivity contribution >= 4 is 11.9 Å². The molecule has 3 N–H and O–H groups in total. The number of nitrogens with one attached hydrogen (secondary N) is 1. The van der Waals surface area contributed by atoms with E-state index in [2.05, 4.69) is 34.1 Å². The number of nitrogen functional groups attached to an aromatic ring is 1. The van der Waals surface area contributed by atoms with Crippen LogP contribution in [0.1, 0.15) is 33.6 Å². The van der Waals surface area contributed by atoms with Crippen LogP contribution in [0.15, 0.2) is 0 Å². The average molecular weight is 225 g/mol. The minimum absolute atomic E-state index is 0.173. The minimum atomic E-state index is 0.173. The molecule has 0 unspecified atom stereocenters. The maximum Gasteiger partial charge on any atom is 0.323 e. The summed E-state index contributed by atoms with van der Waals surface area (Å²) >= 11 is 0. The van der Waals surface area contributed by atoms with Gasteiger partial charge < -0.3 is 15.8 Å². The van der Waals surface area contributed by atoms with E-state index in [4.69, 9.17) is 10.5 Å². The first kappa shape index (κ1) is 12.5. The molecule has 6 nitrogen and oxygen atoms in total. The van der Waals surface area contributed by atoms with Gasteiger partial charge in [0.25, 0.3) is 0 Å². The van der Waals surface area contributed by atoms with Crippen molar-refractivity contribution in [2.45, 2.75) is 39.7 Å². The zero-order valence-electron chi connectivity index (χ0n) is 10.0. The van der Waals surface area contributed by atoms with Crippen molar-refractivity contribution in [2.75, 3.05) is 17.7 Å². The highest BCUT2D eigenvalue weighted by Gasteiger charge is 2.08. The maximum atomic E-state index is 5.57. The van der Waals surface area contributed by atoms with Crippen LogP contribution in [0.25, 0.3) is 0 Å². The first-order chi connectivity index (χ1) is 7.69. The molecule has 0 saturated heterocycles. The molecule has 0 amide bonds. The second-order valence-electron chi connectivity index (χ2n) is 3.39. The van der Waals surface area contributed by atoms with E-state index >= 15 is 0 Å². The van der Waals surface area contributed by atoms with Gasteiger partial charge in [-0.3, -0.25) is 0 Å². The number of hydrogen-bond donors (Lipinski definition) is 2. The number of rotatable bonds is 6. The predicted octanol–water partition coefficient (Wildman–Crippen LogP) is 1.45. The topological polar surface area (TPSA) is 86.0 Å². The lowest BCUT2D eigenvalue weighted by Crippen LogP contribution is -2.19. The number of anilines is 2. The molecule has 16 heavy (non-hydrogen) atoms. The number of nitrogens with two attached hydrogens (primary N) is 1. The van der Waals surface area contributed by atoms with Crippen LogP contribution in [0, 0.1) is 0 Å². The molecule has 0 aromatic carbocycles. The van der Waals surface area contributed by atoms with E-state index in [1.807, 2.05) is 6.92 Å². The summed E-state index contributed by atoms with van der Waals surface area (Å²) in [6, 6.07) is 0.611. The molecule has 0 saturated carbocycles. The van der Waals surface area contributed by atoms with E-state index in [9.17, 15) is 0 Å². The zero-order valence-corrected chi connectivity index (χ0v) is 10.0. The number of ether oxygens (including phenoxy) is 1. The Morgan fingerprint density at radius 2 is 1.88 bits per heavy atom. The fourth-order valence-corrected chi connectivity index (χ4v) is 1.31. The third-order valence-electron chi connectivity index (χ3n) is 2.22. The van der Waals surface area contributed by atoms with Gasteiger partial charge in [-0.25, -0.2) is 0 Å². The van der Waals surface area contributed by atoms with Crippen LogP contribution in [0.3, 0.4) is 0 Å². The highest BCUT2D eigenvalue weighted by atomic mass is 16.5. The Bertz CT molecular complexity index is 327. The van der Waals surface area contributed by atoms with E-state index in [-0.39, 0.29) is 12.0 Å². The normalized spacial score (nSPS) is 10.5. The third-order valence-corrected chi connectivity index (χ3v) is 2.22. The van der Waals surface area contributed by atoms with Gasteiger partial charge in [0.2, 0.25) is 11.9 Å². The fraction of sp³-hybridized carbons (Fsp3) is 0.700. The summed E-state index contributed by atoms with van der Waals surface area (Å²) in [7, 11) is 0. The molecule has 1 aromatic rings. The van der Waals surface area contributed by atoms with Gasteiger partial charge in [0, 0.05) is 6.04 Å². The molecule has 0 fully saturated rings. The van der Waals surface area contributed by atoms with Gasteiger partial charge in [-0.1, -0.05) is 13.8 Å². The number of nitrogens with zero attached hydrogens (tertiary/aromatic N) is 3. The molecule has 1 aromatic heterocycles. The van der Waals surface area contributed by atoms with Crippen molar-refractivity contribution in [1.29, 1.82) is 0 Å². The monoisotopic (exact) mass is 225 g/mol. The third kappa shape index (κ3) is 3.52. The molecule has 0 aliphatic rings. The molecular formula is C10H19N5O. The van der Waals surface area contributed by atoms with Gasteiger partial charge in [-0.05, 0) is 19.8 Å². The van der Waals surface area contributed by atoms with E-state index in [0.717, 1.165) is 12.8 Å². The Kier molecular flexibility index (Phi) is 4.75. The van der Waals surface area contributed by atoms with Crippen LogP contribution in [-0.4, -0.2) is 27.6 Å². The van der Waals surface area contributed by atoms with E-state index in [1.165, 1.54) is 0 Å². The van der Waals surface area contributed by atoms with Gasteiger partial charge in [0.05, 0.1) is 6.61 Å². The highest BCUT2D eigenvalue weighted by molar-refractivity contribution is 5.33. The Labute approximate surface area is 95.6 Å². The molecule has 0 bridgehead atoms. The summed E-state index contributed by atoms with van der Waals surface area (Å²) in [6.45, 7) is 6.59. The van der Waals surface area contributed by atoms with Crippen molar-refractivity contribution in [3.05, 3.63) is 0 Å². The van der Waals surface area contributed by atoms with E-state index in [0.29, 0.717) is 18.6 Å². The van der Waals surface area contributed by atoms with Gasteiger partial charge in [0.15, 0.2) is 0 Å². The van der Waals surface area contributed by atoms with Crippen molar-refractivity contribution in [3.63, 3.8) is 0 Å². The zero-order chi connectivity index (χ0) is 12.0. The van der Waals surface area contributed by atoms with Crippen molar-refractivity contribution in [1.82, 2.24) is 15.0 Å². The van der Waals surface area contributed by atoms with Gasteiger partial charge in [-0.15, -0.1) is 0 Å². The van der Waals surface area contributed by atoms with Crippen LogP contribution in [0.2, 0.25) is 0 Å². The summed E-state index contributed by atoms with van der Waals surface area (Å²) in [6.07, 6.45) is 2.01. The first-order valence-electron chi connectivity index (χ1n) is 5.60. The lowest BCUT2D eigenvalue weighted by Gasteiger charge is -2.14. The van der Waals surface area contributed by atoms with E-state index in [1.54, 1.807) is 0 Å². The summed E-state index contributed by atoms with van der Waals surface area (Å²) in [5, 5.41) is 3.20. The van der Waals surface area contributed by atoms with Crippen molar-refractivity contribution < 1.29 is 4.74 Å².